The molecule has 7 nitrogen and oxygen atoms in total. The molecule has 4 rings (SSSR count). The molecule has 0 aliphatic carbocycles. The summed E-state index contributed by atoms with van der Waals surface area (Å²) < 4.78 is 11.5. The summed E-state index contributed by atoms with van der Waals surface area (Å²) in [6.07, 6.45) is 2.47. The molecule has 2 aliphatic rings. The van der Waals surface area contributed by atoms with Crippen LogP contribution < -0.4 is 10.6 Å². The van der Waals surface area contributed by atoms with E-state index in [0.29, 0.717) is 6.04 Å². The van der Waals surface area contributed by atoms with Crippen molar-refractivity contribution in [3.8, 4) is 0 Å². The fraction of sp³-hybridized carbons (Fsp3) is 0.560. The fourth-order valence-electron chi connectivity index (χ4n) is 4.71. The zero-order chi connectivity index (χ0) is 22.2. The first-order chi connectivity index (χ1) is 15.7. The Bertz CT molecular complexity index is 847. The largest absolute Gasteiger partial charge is 0.465 e. The third kappa shape index (κ3) is 6.12. The topological polar surface area (TPSA) is 65.3 Å². The number of likely N-dealkylation sites (tertiary alicyclic amines) is 1. The molecule has 2 aromatic rings. The van der Waals surface area contributed by atoms with Crippen molar-refractivity contribution in [1.29, 1.82) is 0 Å². The number of morpholine rings is 1. The Morgan fingerprint density at radius 2 is 1.91 bits per heavy atom. The van der Waals surface area contributed by atoms with Gasteiger partial charge < -0.3 is 19.8 Å². The second-order valence-corrected chi connectivity index (χ2v) is 8.70. The van der Waals surface area contributed by atoms with Crippen LogP contribution in [0.2, 0.25) is 0 Å². The molecular formula is C25H37N5O2. The summed E-state index contributed by atoms with van der Waals surface area (Å²) >= 11 is 0. The maximum atomic E-state index is 5.99. The standard InChI is InChI=1S/C25H37N5O2/c1-20-10-11-24(32-20)23(29-13-15-31-16-14-29)18-28-25(26-2)27-17-22-9-6-12-30(22)19-21-7-4-3-5-8-21/h3-5,7-8,10-11,22-23H,6,9,12-19H2,1-2H3,(H2,26,27,28). The Morgan fingerprint density at radius 1 is 1.09 bits per heavy atom. The van der Waals surface area contributed by atoms with Crippen molar-refractivity contribution in [2.75, 3.05) is 53.0 Å². The third-order valence-electron chi connectivity index (χ3n) is 6.50. The summed E-state index contributed by atoms with van der Waals surface area (Å²) in [5.41, 5.74) is 1.38. The quantitative estimate of drug-likeness (QED) is 0.487. The number of ether oxygens (including phenoxy) is 1. The molecule has 2 aliphatic heterocycles. The minimum atomic E-state index is 0.159. The van der Waals surface area contributed by atoms with Gasteiger partial charge in [0.15, 0.2) is 5.96 Å². The van der Waals surface area contributed by atoms with E-state index in [1.807, 2.05) is 20.0 Å². The minimum Gasteiger partial charge on any atom is -0.465 e. The highest BCUT2D eigenvalue weighted by atomic mass is 16.5. The molecule has 2 unspecified atom stereocenters. The first kappa shape index (κ1) is 22.8. The Hall–Kier alpha value is -2.35. The predicted octanol–water partition coefficient (Wildman–Crippen LogP) is 2.79. The number of nitrogens with one attached hydrogen (secondary N) is 2. The van der Waals surface area contributed by atoms with Gasteiger partial charge >= 0.3 is 0 Å². The predicted molar refractivity (Wildman–Crippen MR) is 128 cm³/mol. The van der Waals surface area contributed by atoms with Gasteiger partial charge in [0.2, 0.25) is 0 Å². The van der Waals surface area contributed by atoms with Crippen molar-refractivity contribution < 1.29 is 9.15 Å². The zero-order valence-corrected chi connectivity index (χ0v) is 19.4. The van der Waals surface area contributed by atoms with Crippen LogP contribution in [0, 0.1) is 6.92 Å². The van der Waals surface area contributed by atoms with E-state index in [0.717, 1.165) is 70.0 Å². The van der Waals surface area contributed by atoms with Gasteiger partial charge in [-0.25, -0.2) is 0 Å². The van der Waals surface area contributed by atoms with Gasteiger partial charge in [-0.15, -0.1) is 0 Å². The fourth-order valence-corrected chi connectivity index (χ4v) is 4.71. The third-order valence-corrected chi connectivity index (χ3v) is 6.50. The lowest BCUT2D eigenvalue weighted by Gasteiger charge is -2.33. The number of aryl methyl sites for hydroxylation is 1. The van der Waals surface area contributed by atoms with E-state index in [-0.39, 0.29) is 6.04 Å². The van der Waals surface area contributed by atoms with Crippen LogP contribution in [0.25, 0.3) is 0 Å². The van der Waals surface area contributed by atoms with Crippen LogP contribution in [0.4, 0.5) is 0 Å². The molecule has 1 aromatic heterocycles. The first-order valence-corrected chi connectivity index (χ1v) is 11.8. The lowest BCUT2D eigenvalue weighted by molar-refractivity contribution is 0.0124. The molecular weight excluding hydrogens is 402 g/mol. The lowest BCUT2D eigenvalue weighted by atomic mass is 10.1. The van der Waals surface area contributed by atoms with Gasteiger partial charge in [0, 0.05) is 45.8 Å². The van der Waals surface area contributed by atoms with Gasteiger partial charge in [-0.05, 0) is 44.0 Å². The van der Waals surface area contributed by atoms with Crippen LogP contribution in [0.15, 0.2) is 51.9 Å². The van der Waals surface area contributed by atoms with Crippen molar-refractivity contribution >= 4 is 5.96 Å². The zero-order valence-electron chi connectivity index (χ0n) is 19.4. The van der Waals surface area contributed by atoms with Gasteiger partial charge in [-0.2, -0.15) is 0 Å². The number of rotatable bonds is 8. The second kappa shape index (κ2) is 11.5. The second-order valence-electron chi connectivity index (χ2n) is 8.70. The van der Waals surface area contributed by atoms with E-state index < -0.39 is 0 Å². The van der Waals surface area contributed by atoms with E-state index in [1.54, 1.807) is 0 Å². The number of hydrogen-bond acceptors (Lipinski definition) is 5. The summed E-state index contributed by atoms with van der Waals surface area (Å²) in [4.78, 5) is 9.49. The maximum absolute atomic E-state index is 5.99. The molecule has 2 saturated heterocycles. The minimum absolute atomic E-state index is 0.159. The molecule has 0 radical (unpaired) electrons. The van der Waals surface area contributed by atoms with Crippen LogP contribution in [-0.2, 0) is 11.3 Å². The van der Waals surface area contributed by atoms with Crippen molar-refractivity contribution in [1.82, 2.24) is 20.4 Å². The van der Waals surface area contributed by atoms with Crippen molar-refractivity contribution in [3.05, 3.63) is 59.5 Å². The molecule has 0 saturated carbocycles. The average molecular weight is 440 g/mol. The highest BCUT2D eigenvalue weighted by molar-refractivity contribution is 5.79. The van der Waals surface area contributed by atoms with E-state index in [9.17, 15) is 0 Å². The number of nitrogens with zero attached hydrogens (tertiary/aromatic N) is 3. The number of furan rings is 1. The molecule has 32 heavy (non-hydrogen) atoms. The van der Waals surface area contributed by atoms with Gasteiger partial charge in [0.25, 0.3) is 0 Å². The Morgan fingerprint density at radius 3 is 2.62 bits per heavy atom. The van der Waals surface area contributed by atoms with E-state index in [2.05, 4.69) is 61.8 Å². The summed E-state index contributed by atoms with van der Waals surface area (Å²) in [6, 6.07) is 15.6. The highest BCUT2D eigenvalue weighted by Crippen LogP contribution is 2.23. The number of hydrogen-bond donors (Lipinski definition) is 2. The summed E-state index contributed by atoms with van der Waals surface area (Å²) in [6.45, 7) is 9.16. The van der Waals surface area contributed by atoms with E-state index in [4.69, 9.17) is 9.15 Å². The average Bonchev–Trinajstić information content (AvgIpc) is 3.46. The molecule has 0 spiro atoms. The Labute approximate surface area is 191 Å². The smallest absolute Gasteiger partial charge is 0.191 e. The summed E-state index contributed by atoms with van der Waals surface area (Å²) in [5, 5.41) is 7.11. The SMILES string of the molecule is CN=C(NCC1CCCN1Cc1ccccc1)NCC(c1ccc(C)o1)N1CCOCC1. The first-order valence-electron chi connectivity index (χ1n) is 11.8. The molecule has 3 heterocycles. The Balaban J connectivity index is 1.31. The number of benzene rings is 1. The molecule has 2 N–H and O–H groups in total. The molecule has 0 bridgehead atoms. The molecule has 7 heteroatoms. The molecule has 2 atom stereocenters. The summed E-state index contributed by atoms with van der Waals surface area (Å²) in [7, 11) is 1.84. The normalized spacial score (nSPS) is 21.6. The maximum Gasteiger partial charge on any atom is 0.191 e. The molecule has 0 amide bonds. The van der Waals surface area contributed by atoms with Crippen LogP contribution in [0.3, 0.4) is 0 Å². The van der Waals surface area contributed by atoms with Gasteiger partial charge in [-0.3, -0.25) is 14.8 Å². The van der Waals surface area contributed by atoms with Gasteiger partial charge in [0.05, 0.1) is 19.3 Å². The number of aliphatic imine (C=N–C) groups is 1. The van der Waals surface area contributed by atoms with Crippen molar-refractivity contribution in [2.45, 2.75) is 38.4 Å². The molecule has 174 valence electrons. The summed E-state index contributed by atoms with van der Waals surface area (Å²) in [5.74, 6) is 2.79. The van der Waals surface area contributed by atoms with Gasteiger partial charge in [0.1, 0.15) is 11.5 Å². The van der Waals surface area contributed by atoms with Crippen molar-refractivity contribution in [2.24, 2.45) is 4.99 Å². The van der Waals surface area contributed by atoms with Crippen molar-refractivity contribution in [3.63, 3.8) is 0 Å². The van der Waals surface area contributed by atoms with Crippen LogP contribution in [0.1, 0.15) is 36.0 Å². The lowest BCUT2D eigenvalue weighted by Crippen LogP contribution is -2.48. The molecule has 2 fully saturated rings. The highest BCUT2D eigenvalue weighted by Gasteiger charge is 2.27. The monoisotopic (exact) mass is 439 g/mol. The van der Waals surface area contributed by atoms with Crippen LogP contribution in [-0.4, -0.2) is 74.8 Å². The van der Waals surface area contributed by atoms with E-state index in [1.165, 1.54) is 18.4 Å². The van der Waals surface area contributed by atoms with Crippen LogP contribution >= 0.6 is 0 Å². The van der Waals surface area contributed by atoms with E-state index >= 15 is 0 Å². The Kier molecular flexibility index (Phi) is 8.20. The van der Waals surface area contributed by atoms with Gasteiger partial charge in [-0.1, -0.05) is 30.3 Å². The number of guanidine groups is 1. The van der Waals surface area contributed by atoms with Crippen LogP contribution in [0.5, 0.6) is 0 Å². The molecule has 1 aromatic carbocycles.